The first-order chi connectivity index (χ1) is 12.8. The predicted molar refractivity (Wildman–Crippen MR) is 104 cm³/mol. The van der Waals surface area contributed by atoms with Crippen molar-refractivity contribution in [2.45, 2.75) is 38.6 Å². The van der Waals surface area contributed by atoms with Crippen LogP contribution in [-0.4, -0.2) is 26.7 Å². The average molecular weight is 384 g/mol. The van der Waals surface area contributed by atoms with Crippen molar-refractivity contribution in [1.82, 2.24) is 9.97 Å². The van der Waals surface area contributed by atoms with Crippen LogP contribution >= 0.6 is 11.8 Å². The second-order valence-corrected chi connectivity index (χ2v) is 8.54. The first-order valence-corrected chi connectivity index (χ1v) is 9.90. The number of Topliss-reactive ketones (excluding diaryl/α,β-unsaturated/α-hetero) is 1. The van der Waals surface area contributed by atoms with E-state index in [0.717, 1.165) is 29.9 Å². The molecule has 2 N–H and O–H groups in total. The summed E-state index contributed by atoms with van der Waals surface area (Å²) in [4.78, 5) is 25.4. The highest BCUT2D eigenvalue weighted by Crippen LogP contribution is 2.63. The Kier molecular flexibility index (Phi) is 4.29. The van der Waals surface area contributed by atoms with Crippen molar-refractivity contribution in [3.63, 3.8) is 0 Å². The van der Waals surface area contributed by atoms with Gasteiger partial charge < -0.3 is 5.73 Å². The van der Waals surface area contributed by atoms with Crippen LogP contribution in [0.2, 0.25) is 0 Å². The van der Waals surface area contributed by atoms with Crippen molar-refractivity contribution < 1.29 is 9.18 Å². The van der Waals surface area contributed by atoms with Crippen molar-refractivity contribution in [1.29, 1.82) is 0 Å². The molecule has 1 aliphatic carbocycles. The maximum Gasteiger partial charge on any atom is 0.187 e. The van der Waals surface area contributed by atoms with Gasteiger partial charge in [-0.05, 0) is 44.4 Å². The lowest BCUT2D eigenvalue weighted by Gasteiger charge is -2.39. The monoisotopic (exact) mass is 384 g/mol. The van der Waals surface area contributed by atoms with Gasteiger partial charge in [-0.3, -0.25) is 14.8 Å². The number of benzene rings is 1. The number of aromatic nitrogens is 2. The molecule has 1 fully saturated rings. The lowest BCUT2D eigenvalue weighted by molar-refractivity contribution is 0.0987. The van der Waals surface area contributed by atoms with Gasteiger partial charge in [0.2, 0.25) is 0 Å². The van der Waals surface area contributed by atoms with Crippen molar-refractivity contribution in [2.75, 3.05) is 5.75 Å². The van der Waals surface area contributed by atoms with E-state index < -0.39 is 5.54 Å². The summed E-state index contributed by atoms with van der Waals surface area (Å²) < 4.78 is 14.8. The third-order valence-electron chi connectivity index (χ3n) is 5.70. The third-order valence-corrected chi connectivity index (χ3v) is 6.79. The predicted octanol–water partition coefficient (Wildman–Crippen LogP) is 3.41. The van der Waals surface area contributed by atoms with E-state index in [1.54, 1.807) is 18.3 Å². The molecule has 1 atom stereocenters. The number of ketones is 1. The molecule has 0 amide bonds. The van der Waals surface area contributed by atoms with Crippen LogP contribution in [0.3, 0.4) is 0 Å². The topological polar surface area (TPSA) is 81.2 Å². The highest BCUT2D eigenvalue weighted by atomic mass is 32.2. The Bertz CT molecular complexity index is 939. The Balaban J connectivity index is 1.67. The Labute approximate surface area is 161 Å². The number of aryl methyl sites for hydroxylation is 1. The quantitative estimate of drug-likeness (QED) is 0.817. The second kappa shape index (κ2) is 6.41. The maximum absolute atomic E-state index is 14.8. The first-order valence-electron chi connectivity index (χ1n) is 8.92. The molecule has 140 valence electrons. The van der Waals surface area contributed by atoms with Crippen LogP contribution in [-0.2, 0) is 12.0 Å². The Hall–Kier alpha value is -2.28. The summed E-state index contributed by atoms with van der Waals surface area (Å²) in [5, 5.41) is 0.492. The molecule has 2 aromatic rings. The van der Waals surface area contributed by atoms with Gasteiger partial charge in [0.1, 0.15) is 11.5 Å². The molecule has 2 aliphatic rings. The minimum absolute atomic E-state index is 0.0492. The zero-order chi connectivity index (χ0) is 19.2. The molecule has 0 bridgehead atoms. The Morgan fingerprint density at radius 2 is 2.07 bits per heavy atom. The molecular formula is C20H21FN4OS. The lowest BCUT2D eigenvalue weighted by atomic mass is 9.77. The zero-order valence-electron chi connectivity index (χ0n) is 15.3. The second-order valence-electron chi connectivity index (χ2n) is 7.55. The van der Waals surface area contributed by atoms with Gasteiger partial charge in [0.05, 0.1) is 17.4 Å². The standard InChI is InChI=1S/C20H21FN4OS/c1-12-9-24-16(10-23-12)17(26)8-13-3-4-15(21)14(7-13)19(2)20(5-6-20)11-27-18(22)25-19/h3-4,7,9-10H,5-6,8,11H2,1-2H3,(H2,22,25)/t19-/m1/s1. The smallest absolute Gasteiger partial charge is 0.187 e. The number of hydrogen-bond donors (Lipinski definition) is 1. The molecule has 1 aliphatic heterocycles. The van der Waals surface area contributed by atoms with Gasteiger partial charge in [-0.25, -0.2) is 9.37 Å². The van der Waals surface area contributed by atoms with Crippen LogP contribution in [0.25, 0.3) is 0 Å². The van der Waals surface area contributed by atoms with Crippen LogP contribution in [0, 0.1) is 18.2 Å². The number of carbonyl (C=O) groups is 1. The third kappa shape index (κ3) is 3.14. The zero-order valence-corrected chi connectivity index (χ0v) is 16.1. The Morgan fingerprint density at radius 1 is 1.30 bits per heavy atom. The number of amidine groups is 1. The van der Waals surface area contributed by atoms with E-state index in [1.165, 1.54) is 24.0 Å². The molecular weight excluding hydrogens is 363 g/mol. The summed E-state index contributed by atoms with van der Waals surface area (Å²) in [6.45, 7) is 3.78. The highest BCUT2D eigenvalue weighted by molar-refractivity contribution is 8.13. The number of thioether (sulfide) groups is 1. The molecule has 1 aromatic carbocycles. The summed E-state index contributed by atoms with van der Waals surface area (Å²) in [5.74, 6) is 0.396. The molecule has 1 aromatic heterocycles. The lowest BCUT2D eigenvalue weighted by Crippen LogP contribution is -2.40. The minimum Gasteiger partial charge on any atom is -0.379 e. The highest BCUT2D eigenvalue weighted by Gasteiger charge is 2.60. The van der Waals surface area contributed by atoms with Gasteiger partial charge in [-0.1, -0.05) is 17.8 Å². The molecule has 1 spiro atoms. The average Bonchev–Trinajstić information content (AvgIpc) is 3.42. The largest absolute Gasteiger partial charge is 0.379 e. The number of carbonyl (C=O) groups excluding carboxylic acids is 1. The van der Waals surface area contributed by atoms with Crippen LogP contribution < -0.4 is 5.73 Å². The number of nitrogens with zero attached hydrogens (tertiary/aromatic N) is 3. The van der Waals surface area contributed by atoms with Crippen LogP contribution in [0.1, 0.15) is 47.1 Å². The van der Waals surface area contributed by atoms with E-state index in [4.69, 9.17) is 5.73 Å². The van der Waals surface area contributed by atoms with Gasteiger partial charge in [0, 0.05) is 29.3 Å². The molecule has 5 nitrogen and oxygen atoms in total. The molecule has 2 heterocycles. The molecule has 27 heavy (non-hydrogen) atoms. The number of nitrogens with two attached hydrogens (primary N) is 1. The van der Waals surface area contributed by atoms with E-state index in [1.807, 2.05) is 13.8 Å². The van der Waals surface area contributed by atoms with Crippen LogP contribution in [0.4, 0.5) is 4.39 Å². The number of aliphatic imine (C=N–C) groups is 1. The summed E-state index contributed by atoms with van der Waals surface area (Å²) in [5.41, 5.74) is 7.55. The van der Waals surface area contributed by atoms with Gasteiger partial charge in [0.25, 0.3) is 0 Å². The SMILES string of the molecule is Cc1cnc(C(=O)Cc2ccc(F)c([C@@]3(C)N=C(N)SCC34CC4)c2)cn1. The van der Waals surface area contributed by atoms with Crippen molar-refractivity contribution in [3.05, 3.63) is 58.9 Å². The van der Waals surface area contributed by atoms with Crippen LogP contribution in [0.15, 0.2) is 35.6 Å². The molecule has 1 saturated carbocycles. The van der Waals surface area contributed by atoms with E-state index >= 15 is 0 Å². The molecule has 7 heteroatoms. The molecule has 0 radical (unpaired) electrons. The fourth-order valence-electron chi connectivity index (χ4n) is 3.72. The van der Waals surface area contributed by atoms with Gasteiger partial charge in [-0.15, -0.1) is 0 Å². The number of rotatable bonds is 4. The number of halogens is 1. The van der Waals surface area contributed by atoms with Gasteiger partial charge in [0.15, 0.2) is 11.0 Å². The molecule has 0 saturated heterocycles. The van der Waals surface area contributed by atoms with Crippen molar-refractivity contribution in [3.8, 4) is 0 Å². The van der Waals surface area contributed by atoms with E-state index in [-0.39, 0.29) is 23.4 Å². The molecule has 4 rings (SSSR count). The molecule has 0 unspecified atom stereocenters. The van der Waals surface area contributed by atoms with Gasteiger partial charge >= 0.3 is 0 Å². The normalized spacial score (nSPS) is 23.1. The Morgan fingerprint density at radius 3 is 2.74 bits per heavy atom. The minimum atomic E-state index is -0.699. The van der Waals surface area contributed by atoms with Gasteiger partial charge in [-0.2, -0.15) is 0 Å². The fraction of sp³-hybridized carbons (Fsp3) is 0.400. The summed E-state index contributed by atoms with van der Waals surface area (Å²) >= 11 is 1.54. The first kappa shape index (κ1) is 18.1. The van der Waals surface area contributed by atoms with Crippen LogP contribution in [0.5, 0.6) is 0 Å². The maximum atomic E-state index is 14.8. The van der Waals surface area contributed by atoms with Crippen molar-refractivity contribution >= 4 is 22.7 Å². The fourth-order valence-corrected chi connectivity index (χ4v) is 4.96. The van der Waals surface area contributed by atoms with E-state index in [9.17, 15) is 9.18 Å². The summed E-state index contributed by atoms with van der Waals surface area (Å²) in [6.07, 6.45) is 5.20. The summed E-state index contributed by atoms with van der Waals surface area (Å²) in [6, 6.07) is 4.83. The summed E-state index contributed by atoms with van der Waals surface area (Å²) in [7, 11) is 0. The van der Waals surface area contributed by atoms with E-state index in [2.05, 4.69) is 15.0 Å². The number of hydrogen-bond acceptors (Lipinski definition) is 6. The van der Waals surface area contributed by atoms with E-state index in [0.29, 0.717) is 16.4 Å². The van der Waals surface area contributed by atoms with Crippen molar-refractivity contribution in [2.24, 2.45) is 16.1 Å².